The number of nitrogens with one attached hydrogen (secondary N) is 2. The molecule has 1 aromatic carbocycles. The van der Waals surface area contributed by atoms with Gasteiger partial charge in [-0.05, 0) is 25.3 Å². The molecule has 2 aromatic heterocycles. The number of aromatic nitrogens is 3. The second kappa shape index (κ2) is 9.80. The number of anilines is 2. The minimum atomic E-state index is -0.931. The second-order valence-electron chi connectivity index (χ2n) is 8.17. The summed E-state index contributed by atoms with van der Waals surface area (Å²) in [6.45, 7) is 7.35. The maximum absolute atomic E-state index is 11.6. The summed E-state index contributed by atoms with van der Waals surface area (Å²) in [5.74, 6) is 0.234. The fourth-order valence-corrected chi connectivity index (χ4v) is 4.43. The number of aliphatic hydroxyl groups is 1. The fraction of sp³-hybridized carbons (Fsp3) is 0.429. The SMILES string of the molecule is CC(C)[C@H](Nc1nc2nc(SCc3ccccc3)nc(NC(C)(C)CO)c2s1)C(=O)O. The lowest BCUT2D eigenvalue weighted by Crippen LogP contribution is -2.35. The van der Waals surface area contributed by atoms with Gasteiger partial charge in [0.05, 0.1) is 12.1 Å². The molecule has 0 aliphatic carbocycles. The Balaban J connectivity index is 1.95. The fourth-order valence-electron chi connectivity index (χ4n) is 2.74. The van der Waals surface area contributed by atoms with Crippen LogP contribution >= 0.6 is 23.1 Å². The van der Waals surface area contributed by atoms with Gasteiger partial charge in [0.15, 0.2) is 21.8 Å². The van der Waals surface area contributed by atoms with E-state index in [1.165, 1.54) is 23.1 Å². The molecular formula is C21H27N5O3S2. The van der Waals surface area contributed by atoms with Gasteiger partial charge in [-0.2, -0.15) is 4.98 Å². The number of nitrogens with zero attached hydrogens (tertiary/aromatic N) is 3. The predicted octanol–water partition coefficient (Wildman–Crippen LogP) is 4.08. The molecule has 0 aliphatic rings. The molecule has 0 aliphatic heterocycles. The van der Waals surface area contributed by atoms with Crippen molar-refractivity contribution in [1.29, 1.82) is 0 Å². The van der Waals surface area contributed by atoms with Crippen LogP contribution in [-0.2, 0) is 10.5 Å². The van der Waals surface area contributed by atoms with Crippen LogP contribution in [0.4, 0.5) is 10.9 Å². The first-order valence-electron chi connectivity index (χ1n) is 9.92. The Bertz CT molecular complexity index is 1040. The van der Waals surface area contributed by atoms with Crippen LogP contribution in [0.1, 0.15) is 33.3 Å². The van der Waals surface area contributed by atoms with Gasteiger partial charge in [-0.1, -0.05) is 67.3 Å². The smallest absolute Gasteiger partial charge is 0.326 e. The van der Waals surface area contributed by atoms with E-state index in [1.54, 1.807) is 0 Å². The van der Waals surface area contributed by atoms with E-state index in [-0.39, 0.29) is 12.5 Å². The molecule has 3 rings (SSSR count). The predicted molar refractivity (Wildman–Crippen MR) is 126 cm³/mol. The zero-order valence-corrected chi connectivity index (χ0v) is 19.5. The van der Waals surface area contributed by atoms with Gasteiger partial charge >= 0.3 is 5.97 Å². The molecule has 0 spiro atoms. The molecule has 166 valence electrons. The van der Waals surface area contributed by atoms with Gasteiger partial charge in [-0.3, -0.25) is 0 Å². The molecule has 0 amide bonds. The van der Waals surface area contributed by atoms with Crippen LogP contribution in [0, 0.1) is 5.92 Å². The molecule has 0 unspecified atom stereocenters. The first-order chi connectivity index (χ1) is 14.7. The van der Waals surface area contributed by atoms with Gasteiger partial charge < -0.3 is 20.8 Å². The highest BCUT2D eigenvalue weighted by Crippen LogP contribution is 2.34. The first kappa shape index (κ1) is 23.2. The number of carboxylic acid groups (broad SMARTS) is 1. The van der Waals surface area contributed by atoms with Crippen LogP contribution < -0.4 is 10.6 Å². The lowest BCUT2D eigenvalue weighted by molar-refractivity contribution is -0.138. The molecule has 4 N–H and O–H groups in total. The highest BCUT2D eigenvalue weighted by molar-refractivity contribution is 7.98. The summed E-state index contributed by atoms with van der Waals surface area (Å²) < 4.78 is 0.709. The average molecular weight is 462 g/mol. The number of thiazole rings is 1. The van der Waals surface area contributed by atoms with Crippen molar-refractivity contribution >= 4 is 50.4 Å². The number of carbonyl (C=O) groups is 1. The van der Waals surface area contributed by atoms with Crippen molar-refractivity contribution in [3.05, 3.63) is 35.9 Å². The van der Waals surface area contributed by atoms with Crippen molar-refractivity contribution < 1.29 is 15.0 Å². The van der Waals surface area contributed by atoms with E-state index in [0.717, 1.165) is 5.56 Å². The Hall–Kier alpha value is -2.43. The summed E-state index contributed by atoms with van der Waals surface area (Å²) in [6, 6.07) is 9.28. The van der Waals surface area contributed by atoms with Crippen LogP contribution in [-0.4, -0.2) is 49.3 Å². The standard InChI is InChI=1S/C21H27N5O3S2/c1-12(2)14(18(28)29)22-20-24-16-15(31-20)17(26-21(3,4)11-27)25-19(23-16)30-10-13-8-6-5-7-9-13/h5-9,12,14,27H,10-11H2,1-4H3,(H,28,29)(H2,22,23,24,25,26)/t14-/m0/s1. The Labute approximate surface area is 189 Å². The molecule has 0 saturated carbocycles. The number of benzene rings is 1. The zero-order valence-electron chi connectivity index (χ0n) is 17.9. The van der Waals surface area contributed by atoms with Crippen molar-refractivity contribution in [2.75, 3.05) is 17.2 Å². The van der Waals surface area contributed by atoms with Gasteiger partial charge in [0.2, 0.25) is 0 Å². The first-order valence-corrected chi connectivity index (χ1v) is 11.7. The quantitative estimate of drug-likeness (QED) is 0.261. The van der Waals surface area contributed by atoms with Gasteiger partial charge in [0.25, 0.3) is 0 Å². The zero-order chi connectivity index (χ0) is 22.6. The van der Waals surface area contributed by atoms with Crippen molar-refractivity contribution in [2.24, 2.45) is 5.92 Å². The summed E-state index contributed by atoms with van der Waals surface area (Å²) in [4.78, 5) is 25.4. The number of aliphatic hydroxyl groups excluding tert-OH is 1. The number of thioether (sulfide) groups is 1. The van der Waals surface area contributed by atoms with E-state index in [4.69, 9.17) is 0 Å². The monoisotopic (exact) mass is 461 g/mol. The second-order valence-corrected chi connectivity index (χ2v) is 10.1. The molecule has 0 bridgehead atoms. The summed E-state index contributed by atoms with van der Waals surface area (Å²) in [6.07, 6.45) is 0. The number of aliphatic carboxylic acids is 1. The number of hydrogen-bond acceptors (Lipinski definition) is 9. The van der Waals surface area contributed by atoms with E-state index >= 15 is 0 Å². The Kier molecular flexibility index (Phi) is 7.34. The minimum absolute atomic E-state index is 0.0800. The minimum Gasteiger partial charge on any atom is -0.480 e. The molecule has 3 aromatic rings. The van der Waals surface area contributed by atoms with Crippen molar-refractivity contribution in [1.82, 2.24) is 15.0 Å². The third-order valence-electron chi connectivity index (χ3n) is 4.51. The van der Waals surface area contributed by atoms with Crippen molar-refractivity contribution in [3.63, 3.8) is 0 Å². The Morgan fingerprint density at radius 2 is 1.90 bits per heavy atom. The maximum Gasteiger partial charge on any atom is 0.326 e. The highest BCUT2D eigenvalue weighted by Gasteiger charge is 2.25. The van der Waals surface area contributed by atoms with Gasteiger partial charge in [-0.15, -0.1) is 0 Å². The third kappa shape index (κ3) is 6.05. The summed E-state index contributed by atoms with van der Waals surface area (Å²) in [5.41, 5.74) is 1.05. The largest absolute Gasteiger partial charge is 0.480 e. The topological polar surface area (TPSA) is 120 Å². The van der Waals surface area contributed by atoms with E-state index in [2.05, 4.69) is 25.6 Å². The van der Waals surface area contributed by atoms with Crippen LogP contribution in [0.15, 0.2) is 35.5 Å². The van der Waals surface area contributed by atoms with Gasteiger partial charge in [-0.25, -0.2) is 14.8 Å². The number of rotatable bonds is 10. The van der Waals surface area contributed by atoms with E-state index < -0.39 is 17.6 Å². The number of fused-ring (bicyclic) bond motifs is 1. The molecule has 31 heavy (non-hydrogen) atoms. The average Bonchev–Trinajstić information content (AvgIpc) is 3.13. The maximum atomic E-state index is 11.6. The van der Waals surface area contributed by atoms with Crippen LogP contribution in [0.5, 0.6) is 0 Å². The van der Waals surface area contributed by atoms with E-state index in [1.807, 2.05) is 58.0 Å². The molecule has 0 fully saturated rings. The summed E-state index contributed by atoms with van der Waals surface area (Å²) in [5, 5.41) is 26.5. The van der Waals surface area contributed by atoms with E-state index in [9.17, 15) is 15.0 Å². The normalized spacial score (nSPS) is 12.8. The van der Waals surface area contributed by atoms with Crippen molar-refractivity contribution in [2.45, 2.75) is 50.2 Å². The van der Waals surface area contributed by atoms with Crippen LogP contribution in [0.25, 0.3) is 10.3 Å². The highest BCUT2D eigenvalue weighted by atomic mass is 32.2. The molecule has 0 saturated heterocycles. The van der Waals surface area contributed by atoms with Gasteiger partial charge in [0, 0.05) is 5.75 Å². The lowest BCUT2D eigenvalue weighted by atomic mass is 10.1. The molecular weight excluding hydrogens is 434 g/mol. The summed E-state index contributed by atoms with van der Waals surface area (Å²) in [7, 11) is 0. The molecule has 8 nitrogen and oxygen atoms in total. The van der Waals surface area contributed by atoms with Gasteiger partial charge in [0.1, 0.15) is 10.7 Å². The summed E-state index contributed by atoms with van der Waals surface area (Å²) >= 11 is 2.79. The molecule has 0 radical (unpaired) electrons. The molecule has 10 heteroatoms. The Morgan fingerprint density at radius 1 is 1.19 bits per heavy atom. The van der Waals surface area contributed by atoms with Crippen LogP contribution in [0.2, 0.25) is 0 Å². The molecule has 2 heterocycles. The van der Waals surface area contributed by atoms with Crippen LogP contribution in [0.3, 0.4) is 0 Å². The lowest BCUT2D eigenvalue weighted by Gasteiger charge is -2.24. The van der Waals surface area contributed by atoms with E-state index in [0.29, 0.717) is 32.2 Å². The number of carboxylic acids is 1. The van der Waals surface area contributed by atoms with Crippen molar-refractivity contribution in [3.8, 4) is 0 Å². The third-order valence-corrected chi connectivity index (χ3v) is 6.41. The Morgan fingerprint density at radius 3 is 2.52 bits per heavy atom. The molecule has 1 atom stereocenters. The number of hydrogen-bond donors (Lipinski definition) is 4.